The monoisotopic (exact) mass is 463 g/mol. The second-order valence-electron chi connectivity index (χ2n) is 8.91. The van der Waals surface area contributed by atoms with Gasteiger partial charge < -0.3 is 10.1 Å². The first kappa shape index (κ1) is 26.4. The average Bonchev–Trinajstić information content (AvgIpc) is 2.74. The van der Waals surface area contributed by atoms with Crippen molar-refractivity contribution in [3.8, 4) is 11.8 Å². The molecule has 8 nitrogen and oxygen atoms in total. The molecule has 0 aromatic heterocycles. The number of ether oxygens (including phenoxy) is 1. The standard InChI is InChI=1S/C26H33N5O3/c1-18-10-8-11-19(22(18)24(32)31(7)30(5)6)12-9-17-28-21-15-13-20(14-16-21)23(27)29-25(33)34-26(2,3)4/h8,10-11,13-16,28H,17H2,1-7H3,(H2,27,29,33). The largest absolute Gasteiger partial charge is 0.444 e. The van der Waals surface area contributed by atoms with Crippen molar-refractivity contribution >= 4 is 23.5 Å². The first-order chi connectivity index (χ1) is 15.9. The number of rotatable bonds is 5. The highest BCUT2D eigenvalue weighted by Crippen LogP contribution is 2.16. The van der Waals surface area contributed by atoms with Crippen molar-refractivity contribution < 1.29 is 14.3 Å². The Hall–Kier alpha value is -3.83. The van der Waals surface area contributed by atoms with Crippen molar-refractivity contribution in [3.05, 3.63) is 64.7 Å². The summed E-state index contributed by atoms with van der Waals surface area (Å²) in [5, 5.41) is 16.9. The molecule has 0 radical (unpaired) electrons. The van der Waals surface area contributed by atoms with Gasteiger partial charge in [-0.25, -0.2) is 9.80 Å². The summed E-state index contributed by atoms with van der Waals surface area (Å²) < 4.78 is 5.17. The fourth-order valence-corrected chi connectivity index (χ4v) is 2.92. The van der Waals surface area contributed by atoms with E-state index in [2.05, 4.69) is 22.5 Å². The lowest BCUT2D eigenvalue weighted by molar-refractivity contribution is 0.0340. The maximum Gasteiger partial charge on any atom is 0.413 e. The molecule has 0 spiro atoms. The summed E-state index contributed by atoms with van der Waals surface area (Å²) in [5.74, 6) is 6.01. The van der Waals surface area contributed by atoms with Crippen LogP contribution in [0.1, 0.15) is 47.8 Å². The lowest BCUT2D eigenvalue weighted by Crippen LogP contribution is -2.39. The molecule has 180 valence electrons. The van der Waals surface area contributed by atoms with Gasteiger partial charge in [0.15, 0.2) is 0 Å². The molecule has 0 saturated carbocycles. The van der Waals surface area contributed by atoms with Gasteiger partial charge in [0.1, 0.15) is 11.4 Å². The second-order valence-corrected chi connectivity index (χ2v) is 8.91. The van der Waals surface area contributed by atoms with E-state index < -0.39 is 11.7 Å². The summed E-state index contributed by atoms with van der Waals surface area (Å²) in [7, 11) is 5.34. The summed E-state index contributed by atoms with van der Waals surface area (Å²) in [5.41, 5.74) is 2.88. The van der Waals surface area contributed by atoms with E-state index in [1.54, 1.807) is 62.1 Å². The fourth-order valence-electron chi connectivity index (χ4n) is 2.92. The molecule has 0 aliphatic carbocycles. The molecule has 0 unspecified atom stereocenters. The van der Waals surface area contributed by atoms with Crippen LogP contribution in [0.25, 0.3) is 0 Å². The topological polar surface area (TPSA) is 97.8 Å². The van der Waals surface area contributed by atoms with Crippen molar-refractivity contribution in [1.29, 1.82) is 5.41 Å². The first-order valence-electron chi connectivity index (χ1n) is 10.9. The molecule has 2 aromatic carbocycles. The highest BCUT2D eigenvalue weighted by Gasteiger charge is 2.19. The van der Waals surface area contributed by atoms with E-state index in [0.717, 1.165) is 11.3 Å². The SMILES string of the molecule is Cc1cccc(C#CCNc2ccc(C(=N)NC(=O)OC(C)(C)C)cc2)c1C(=O)N(C)N(C)C. The summed E-state index contributed by atoms with van der Waals surface area (Å²) >= 11 is 0. The quantitative estimate of drug-likeness (QED) is 0.271. The molecule has 3 N–H and O–H groups in total. The van der Waals surface area contributed by atoms with Gasteiger partial charge in [-0.2, -0.15) is 0 Å². The van der Waals surface area contributed by atoms with Crippen LogP contribution >= 0.6 is 0 Å². The average molecular weight is 464 g/mol. The van der Waals surface area contributed by atoms with Crippen LogP contribution in [0.5, 0.6) is 0 Å². The molecule has 0 bridgehead atoms. The predicted octanol–water partition coefficient (Wildman–Crippen LogP) is 3.86. The van der Waals surface area contributed by atoms with Gasteiger partial charge in [-0.05, 0) is 63.6 Å². The molecule has 8 heteroatoms. The minimum atomic E-state index is -0.666. The number of alkyl carbamates (subject to hydrolysis) is 1. The number of carbonyl (C=O) groups is 2. The van der Waals surface area contributed by atoms with Gasteiger partial charge in [0.25, 0.3) is 5.91 Å². The van der Waals surface area contributed by atoms with Gasteiger partial charge in [0.2, 0.25) is 0 Å². The number of amidine groups is 1. The summed E-state index contributed by atoms with van der Waals surface area (Å²) in [6.45, 7) is 7.56. The molecule has 2 aromatic rings. The van der Waals surface area contributed by atoms with Crippen molar-refractivity contribution in [1.82, 2.24) is 15.3 Å². The lowest BCUT2D eigenvalue weighted by atomic mass is 10.0. The Morgan fingerprint density at radius 2 is 1.71 bits per heavy atom. The van der Waals surface area contributed by atoms with Crippen LogP contribution in [0.4, 0.5) is 10.5 Å². The maximum absolute atomic E-state index is 12.9. The van der Waals surface area contributed by atoms with Crippen LogP contribution in [-0.2, 0) is 4.74 Å². The minimum Gasteiger partial charge on any atom is -0.444 e. The van der Waals surface area contributed by atoms with Crippen LogP contribution in [0.2, 0.25) is 0 Å². The normalized spacial score (nSPS) is 10.7. The van der Waals surface area contributed by atoms with E-state index >= 15 is 0 Å². The Kier molecular flexibility index (Phi) is 8.82. The van der Waals surface area contributed by atoms with E-state index in [9.17, 15) is 9.59 Å². The number of anilines is 1. The van der Waals surface area contributed by atoms with E-state index in [-0.39, 0.29) is 11.7 Å². The van der Waals surface area contributed by atoms with Gasteiger partial charge in [0, 0.05) is 38.0 Å². The molecule has 0 saturated heterocycles. The van der Waals surface area contributed by atoms with E-state index in [4.69, 9.17) is 10.1 Å². The molecule has 0 aliphatic heterocycles. The summed E-state index contributed by atoms with van der Waals surface area (Å²) in [6.07, 6.45) is -0.666. The number of aryl methyl sites for hydroxylation is 1. The van der Waals surface area contributed by atoms with Gasteiger partial charge in [-0.15, -0.1) is 0 Å². The van der Waals surface area contributed by atoms with Crippen LogP contribution < -0.4 is 10.6 Å². The Labute approximate surface area is 201 Å². The number of carbonyl (C=O) groups excluding carboxylic acids is 2. The number of hydrogen-bond donors (Lipinski definition) is 3. The van der Waals surface area contributed by atoms with E-state index in [1.165, 1.54) is 0 Å². The second kappa shape index (κ2) is 11.3. The van der Waals surface area contributed by atoms with Gasteiger partial charge in [0.05, 0.1) is 12.1 Å². The zero-order chi connectivity index (χ0) is 25.5. The smallest absolute Gasteiger partial charge is 0.413 e. The molecule has 0 fully saturated rings. The molecular weight excluding hydrogens is 430 g/mol. The Morgan fingerprint density at radius 3 is 2.29 bits per heavy atom. The fraction of sp³-hybridized carbons (Fsp3) is 0.346. The molecule has 0 aliphatic rings. The molecule has 2 amide bonds. The van der Waals surface area contributed by atoms with Crippen molar-refractivity contribution in [2.24, 2.45) is 0 Å². The van der Waals surface area contributed by atoms with E-state index in [0.29, 0.717) is 23.2 Å². The van der Waals surface area contributed by atoms with Crippen LogP contribution in [0, 0.1) is 24.2 Å². The molecule has 34 heavy (non-hydrogen) atoms. The van der Waals surface area contributed by atoms with Crippen LogP contribution in [0.3, 0.4) is 0 Å². The number of hydrazine groups is 1. The number of benzene rings is 2. The molecule has 0 atom stereocenters. The Morgan fingerprint density at radius 1 is 1.06 bits per heavy atom. The third kappa shape index (κ3) is 7.64. The van der Waals surface area contributed by atoms with Crippen LogP contribution in [-0.4, -0.2) is 61.1 Å². The molecule has 0 heterocycles. The van der Waals surface area contributed by atoms with Gasteiger partial charge >= 0.3 is 6.09 Å². The highest BCUT2D eigenvalue weighted by molar-refractivity contribution is 6.04. The number of nitrogens with zero attached hydrogens (tertiary/aromatic N) is 2. The van der Waals surface area contributed by atoms with E-state index in [1.807, 2.05) is 39.2 Å². The zero-order valence-corrected chi connectivity index (χ0v) is 20.9. The third-order valence-corrected chi connectivity index (χ3v) is 4.78. The van der Waals surface area contributed by atoms with Gasteiger partial charge in [-0.3, -0.25) is 20.5 Å². The number of nitrogens with one attached hydrogen (secondary N) is 3. The zero-order valence-electron chi connectivity index (χ0n) is 20.9. The summed E-state index contributed by atoms with van der Waals surface area (Å²) in [4.78, 5) is 24.7. The highest BCUT2D eigenvalue weighted by atomic mass is 16.6. The van der Waals surface area contributed by atoms with Crippen molar-refractivity contribution in [3.63, 3.8) is 0 Å². The lowest BCUT2D eigenvalue weighted by Gasteiger charge is -2.25. The van der Waals surface area contributed by atoms with Crippen molar-refractivity contribution in [2.45, 2.75) is 33.3 Å². The number of amides is 2. The Balaban J connectivity index is 2.01. The Bertz CT molecular complexity index is 1110. The number of hydrogen-bond acceptors (Lipinski definition) is 6. The first-order valence-corrected chi connectivity index (χ1v) is 10.9. The van der Waals surface area contributed by atoms with Crippen LogP contribution in [0.15, 0.2) is 42.5 Å². The molecule has 2 rings (SSSR count). The summed E-state index contributed by atoms with van der Waals surface area (Å²) in [6, 6.07) is 12.7. The molecular formula is C26H33N5O3. The minimum absolute atomic E-state index is 0.0417. The maximum atomic E-state index is 12.9. The third-order valence-electron chi connectivity index (χ3n) is 4.78. The van der Waals surface area contributed by atoms with Gasteiger partial charge in [-0.1, -0.05) is 24.0 Å². The van der Waals surface area contributed by atoms with Crippen molar-refractivity contribution in [2.75, 3.05) is 33.0 Å². The predicted molar refractivity (Wildman–Crippen MR) is 135 cm³/mol.